The molecule has 1 aromatic rings. The van der Waals surface area contributed by atoms with Crippen LogP contribution in [0.4, 0.5) is 0 Å². The zero-order chi connectivity index (χ0) is 14.5. The van der Waals surface area contributed by atoms with Crippen molar-refractivity contribution in [3.05, 3.63) is 35.4 Å². The second-order valence-electron chi connectivity index (χ2n) is 6.78. The first-order valence-electron chi connectivity index (χ1n) is 8.41. The van der Waals surface area contributed by atoms with Gasteiger partial charge in [0.1, 0.15) is 0 Å². The van der Waals surface area contributed by atoms with Crippen molar-refractivity contribution in [2.24, 2.45) is 17.8 Å². The zero-order valence-electron chi connectivity index (χ0n) is 13.7. The van der Waals surface area contributed by atoms with Crippen LogP contribution in [0.1, 0.15) is 63.6 Å². The number of aryl methyl sites for hydroxylation is 1. The molecule has 1 aliphatic rings. The van der Waals surface area contributed by atoms with Crippen LogP contribution in [0.2, 0.25) is 0 Å². The minimum atomic E-state index is 0.537. The molecule has 0 aliphatic heterocycles. The molecule has 1 aromatic carbocycles. The van der Waals surface area contributed by atoms with E-state index >= 15 is 0 Å². The largest absolute Gasteiger partial charge is 0.313 e. The summed E-state index contributed by atoms with van der Waals surface area (Å²) in [6.07, 6.45) is 6.71. The van der Waals surface area contributed by atoms with Gasteiger partial charge in [0, 0.05) is 6.04 Å². The first-order chi connectivity index (χ1) is 9.65. The Morgan fingerprint density at radius 3 is 2.30 bits per heavy atom. The Bertz CT molecular complexity index is 402. The highest BCUT2D eigenvalue weighted by Gasteiger charge is 2.28. The molecule has 0 heterocycles. The van der Waals surface area contributed by atoms with Gasteiger partial charge in [-0.3, -0.25) is 0 Å². The van der Waals surface area contributed by atoms with E-state index in [1.807, 2.05) is 0 Å². The fourth-order valence-corrected chi connectivity index (χ4v) is 3.83. The summed E-state index contributed by atoms with van der Waals surface area (Å²) >= 11 is 0. The maximum absolute atomic E-state index is 3.58. The highest BCUT2D eigenvalue weighted by Crippen LogP contribution is 2.39. The van der Waals surface area contributed by atoms with Crippen molar-refractivity contribution < 1.29 is 0 Å². The highest BCUT2D eigenvalue weighted by atomic mass is 14.9. The molecule has 2 rings (SSSR count). The summed E-state index contributed by atoms with van der Waals surface area (Å²) in [5.41, 5.74) is 2.94. The average Bonchev–Trinajstić information content (AvgIpc) is 2.49. The van der Waals surface area contributed by atoms with Crippen molar-refractivity contribution in [1.82, 2.24) is 5.32 Å². The van der Waals surface area contributed by atoms with Crippen LogP contribution in [-0.4, -0.2) is 7.05 Å². The average molecular weight is 273 g/mol. The lowest BCUT2D eigenvalue weighted by atomic mass is 9.73. The van der Waals surface area contributed by atoms with Crippen LogP contribution in [-0.2, 0) is 6.42 Å². The number of hydrogen-bond acceptors (Lipinski definition) is 1. The van der Waals surface area contributed by atoms with Gasteiger partial charge in [-0.25, -0.2) is 0 Å². The summed E-state index contributed by atoms with van der Waals surface area (Å²) in [7, 11) is 2.12. The summed E-state index contributed by atoms with van der Waals surface area (Å²) in [5, 5.41) is 3.58. The van der Waals surface area contributed by atoms with Gasteiger partial charge in [0.25, 0.3) is 0 Å². The highest BCUT2D eigenvalue weighted by molar-refractivity contribution is 5.26. The topological polar surface area (TPSA) is 12.0 Å². The number of nitrogens with one attached hydrogen (secondary N) is 1. The predicted octanol–water partition coefficient (Wildman–Crippen LogP) is 4.97. The molecular weight excluding hydrogens is 242 g/mol. The van der Waals surface area contributed by atoms with E-state index in [2.05, 4.69) is 57.4 Å². The Balaban J connectivity index is 2.05. The monoisotopic (exact) mass is 273 g/mol. The fraction of sp³-hybridized carbons (Fsp3) is 0.684. The van der Waals surface area contributed by atoms with Crippen LogP contribution in [0.25, 0.3) is 0 Å². The molecule has 1 heteroatoms. The maximum Gasteiger partial charge on any atom is 0.0346 e. The first-order valence-corrected chi connectivity index (χ1v) is 8.41. The van der Waals surface area contributed by atoms with Crippen molar-refractivity contribution >= 4 is 0 Å². The van der Waals surface area contributed by atoms with E-state index < -0.39 is 0 Å². The second-order valence-corrected chi connectivity index (χ2v) is 6.78. The van der Waals surface area contributed by atoms with E-state index in [1.165, 1.54) is 36.8 Å². The third-order valence-corrected chi connectivity index (χ3v) is 5.26. The van der Waals surface area contributed by atoms with Crippen LogP contribution < -0.4 is 5.32 Å². The van der Waals surface area contributed by atoms with Crippen molar-refractivity contribution in [3.8, 4) is 0 Å². The summed E-state index contributed by atoms with van der Waals surface area (Å²) in [6.45, 7) is 7.00. The molecule has 20 heavy (non-hydrogen) atoms. The van der Waals surface area contributed by atoms with Gasteiger partial charge in [0.15, 0.2) is 0 Å². The standard InChI is InChI=1S/C19H31N/c1-5-15-7-6-8-18(13-15)19(20-4)17-11-9-16(10-12-17)14(2)3/h6-8,13-14,16-17,19-20H,5,9-12H2,1-4H3. The summed E-state index contributed by atoms with van der Waals surface area (Å²) < 4.78 is 0. The molecule has 1 aliphatic carbocycles. The third kappa shape index (κ3) is 3.63. The SMILES string of the molecule is CCc1cccc(C(NC)C2CCC(C(C)C)CC2)c1. The van der Waals surface area contributed by atoms with E-state index in [9.17, 15) is 0 Å². The van der Waals surface area contributed by atoms with Gasteiger partial charge in [-0.15, -0.1) is 0 Å². The van der Waals surface area contributed by atoms with E-state index in [-0.39, 0.29) is 0 Å². The van der Waals surface area contributed by atoms with Gasteiger partial charge in [-0.05, 0) is 68.0 Å². The van der Waals surface area contributed by atoms with Gasteiger partial charge < -0.3 is 5.32 Å². The van der Waals surface area contributed by atoms with Gasteiger partial charge in [-0.2, -0.15) is 0 Å². The Labute approximate surface area is 125 Å². The number of benzene rings is 1. The first kappa shape index (κ1) is 15.6. The molecule has 0 spiro atoms. The van der Waals surface area contributed by atoms with Crippen LogP contribution >= 0.6 is 0 Å². The Kier molecular flexibility index (Phi) is 5.65. The van der Waals surface area contributed by atoms with Crippen LogP contribution in [0.15, 0.2) is 24.3 Å². The van der Waals surface area contributed by atoms with Crippen LogP contribution in [0, 0.1) is 17.8 Å². The van der Waals surface area contributed by atoms with Crippen molar-refractivity contribution in [2.75, 3.05) is 7.05 Å². The molecule has 0 saturated heterocycles. The van der Waals surface area contributed by atoms with Crippen molar-refractivity contribution in [2.45, 2.75) is 58.9 Å². The van der Waals surface area contributed by atoms with Crippen LogP contribution in [0.5, 0.6) is 0 Å². The molecule has 0 bridgehead atoms. The number of hydrogen-bond donors (Lipinski definition) is 1. The Hall–Kier alpha value is -0.820. The van der Waals surface area contributed by atoms with Crippen molar-refractivity contribution in [3.63, 3.8) is 0 Å². The quantitative estimate of drug-likeness (QED) is 0.798. The molecule has 1 unspecified atom stereocenters. The Morgan fingerprint density at radius 2 is 1.75 bits per heavy atom. The van der Waals surface area contributed by atoms with Crippen LogP contribution in [0.3, 0.4) is 0 Å². The lowest BCUT2D eigenvalue weighted by Gasteiger charge is -2.35. The second kappa shape index (κ2) is 7.26. The van der Waals surface area contributed by atoms with E-state index in [0.29, 0.717) is 6.04 Å². The van der Waals surface area contributed by atoms with E-state index in [0.717, 1.165) is 24.2 Å². The smallest absolute Gasteiger partial charge is 0.0346 e. The van der Waals surface area contributed by atoms with Gasteiger partial charge >= 0.3 is 0 Å². The molecule has 1 N–H and O–H groups in total. The number of rotatable bonds is 5. The third-order valence-electron chi connectivity index (χ3n) is 5.26. The maximum atomic E-state index is 3.58. The molecular formula is C19H31N. The molecule has 1 fully saturated rings. The summed E-state index contributed by atoms with van der Waals surface area (Å²) in [6, 6.07) is 9.70. The molecule has 0 radical (unpaired) electrons. The van der Waals surface area contributed by atoms with Gasteiger partial charge in [-0.1, -0.05) is 45.0 Å². The molecule has 0 amide bonds. The lowest BCUT2D eigenvalue weighted by molar-refractivity contribution is 0.192. The molecule has 112 valence electrons. The fourth-order valence-electron chi connectivity index (χ4n) is 3.83. The van der Waals surface area contributed by atoms with Gasteiger partial charge in [0.05, 0.1) is 0 Å². The Morgan fingerprint density at radius 1 is 1.10 bits per heavy atom. The normalized spacial score (nSPS) is 24.9. The van der Waals surface area contributed by atoms with Crippen molar-refractivity contribution in [1.29, 1.82) is 0 Å². The minimum absolute atomic E-state index is 0.537. The zero-order valence-corrected chi connectivity index (χ0v) is 13.7. The lowest BCUT2D eigenvalue weighted by Crippen LogP contribution is -2.29. The summed E-state index contributed by atoms with van der Waals surface area (Å²) in [4.78, 5) is 0. The molecule has 1 saturated carbocycles. The molecule has 1 nitrogen and oxygen atoms in total. The van der Waals surface area contributed by atoms with E-state index in [4.69, 9.17) is 0 Å². The molecule has 1 atom stereocenters. The minimum Gasteiger partial charge on any atom is -0.313 e. The predicted molar refractivity (Wildman–Crippen MR) is 87.9 cm³/mol. The van der Waals surface area contributed by atoms with E-state index in [1.54, 1.807) is 0 Å². The summed E-state index contributed by atoms with van der Waals surface area (Å²) in [5.74, 6) is 2.61. The molecule has 0 aromatic heterocycles. The van der Waals surface area contributed by atoms with Gasteiger partial charge in [0.2, 0.25) is 0 Å².